The first-order valence-corrected chi connectivity index (χ1v) is 15.0. The van der Waals surface area contributed by atoms with Crippen LogP contribution in [0, 0.1) is 47.2 Å². The van der Waals surface area contributed by atoms with Crippen LogP contribution in [0.25, 0.3) is 0 Å². The van der Waals surface area contributed by atoms with Crippen LogP contribution in [-0.2, 0) is 10.9 Å². The van der Waals surface area contributed by atoms with E-state index < -0.39 is 0 Å². The smallest absolute Gasteiger partial charge is 0.170 e. The molecule has 0 aromatic heterocycles. The fourth-order valence-electron chi connectivity index (χ4n) is 8.93. The standard InChI is InChI=1S/C33H36FOS/c1-33(2,28-19-23-18-27(28)32-22-14-13-21(17-22)31(23)32)35-30-20-26(15-16-29(30)34)36(24-9-5-3-6-10-24)25-11-7-4-8-12-25/h3-12,15-16,20-23,27-28,31-32H,13-14,17-19H2,1-2H3/q+1. The van der Waals surface area contributed by atoms with Crippen LogP contribution < -0.4 is 4.74 Å². The first kappa shape index (κ1) is 22.9. The highest BCUT2D eigenvalue weighted by Gasteiger charge is 2.64. The Balaban J connectivity index is 1.19. The van der Waals surface area contributed by atoms with Crippen LogP contribution in [0.4, 0.5) is 4.39 Å². The fraction of sp³-hybridized carbons (Fsp3) is 0.455. The van der Waals surface area contributed by atoms with Gasteiger partial charge in [0.05, 0.1) is 10.9 Å². The Morgan fingerprint density at radius 3 is 2.03 bits per heavy atom. The Morgan fingerprint density at radius 1 is 0.722 bits per heavy atom. The lowest BCUT2D eigenvalue weighted by molar-refractivity contribution is -0.0237. The number of benzene rings is 3. The van der Waals surface area contributed by atoms with E-state index >= 15 is 4.39 Å². The molecule has 4 aliphatic carbocycles. The lowest BCUT2D eigenvalue weighted by Crippen LogP contribution is -2.45. The van der Waals surface area contributed by atoms with E-state index in [0.29, 0.717) is 11.7 Å². The molecule has 186 valence electrons. The Bertz CT molecular complexity index is 1200. The van der Waals surface area contributed by atoms with Gasteiger partial charge < -0.3 is 4.74 Å². The molecule has 7 rings (SSSR count). The third-order valence-corrected chi connectivity index (χ3v) is 12.3. The Kier molecular flexibility index (Phi) is 5.50. The predicted octanol–water partition coefficient (Wildman–Crippen LogP) is 8.40. The van der Waals surface area contributed by atoms with Crippen molar-refractivity contribution in [2.75, 3.05) is 0 Å². The van der Waals surface area contributed by atoms with Crippen LogP contribution in [-0.4, -0.2) is 5.60 Å². The van der Waals surface area contributed by atoms with Crippen LogP contribution in [0.5, 0.6) is 5.75 Å². The maximum atomic E-state index is 15.3. The van der Waals surface area contributed by atoms with Crippen molar-refractivity contribution in [1.82, 2.24) is 0 Å². The molecule has 4 bridgehead atoms. The highest BCUT2D eigenvalue weighted by atomic mass is 32.2. The third-order valence-electron chi connectivity index (χ3n) is 10.1. The maximum absolute atomic E-state index is 15.3. The minimum Gasteiger partial charge on any atom is -0.484 e. The summed E-state index contributed by atoms with van der Waals surface area (Å²) in [6, 6.07) is 26.7. The second-order valence-electron chi connectivity index (χ2n) is 12.2. The summed E-state index contributed by atoms with van der Waals surface area (Å²) in [5.41, 5.74) is -0.371. The number of fused-ring (bicyclic) bond motifs is 9. The highest BCUT2D eigenvalue weighted by Crippen LogP contribution is 2.70. The molecule has 0 amide bonds. The molecule has 4 saturated carbocycles. The highest BCUT2D eigenvalue weighted by molar-refractivity contribution is 7.97. The minimum absolute atomic E-state index is 0.252. The quantitative estimate of drug-likeness (QED) is 0.244. The number of ether oxygens (including phenoxy) is 1. The summed E-state index contributed by atoms with van der Waals surface area (Å²) >= 11 is 0. The van der Waals surface area contributed by atoms with Crippen molar-refractivity contribution >= 4 is 10.9 Å². The van der Waals surface area contributed by atoms with Crippen molar-refractivity contribution in [3.05, 3.63) is 84.7 Å². The monoisotopic (exact) mass is 499 g/mol. The Morgan fingerprint density at radius 2 is 1.36 bits per heavy atom. The van der Waals surface area contributed by atoms with Crippen molar-refractivity contribution in [2.24, 2.45) is 41.4 Å². The number of halogens is 1. The first-order valence-electron chi connectivity index (χ1n) is 13.8. The average molecular weight is 500 g/mol. The van der Waals surface area contributed by atoms with Crippen LogP contribution in [0.3, 0.4) is 0 Å². The molecule has 3 aromatic rings. The van der Waals surface area contributed by atoms with Crippen molar-refractivity contribution in [1.29, 1.82) is 0 Å². The van der Waals surface area contributed by atoms with E-state index in [1.807, 2.05) is 24.3 Å². The summed E-state index contributed by atoms with van der Waals surface area (Å²) in [6.45, 7) is 4.45. The molecule has 3 heteroatoms. The van der Waals surface area contributed by atoms with Gasteiger partial charge in [0.25, 0.3) is 0 Å². The average Bonchev–Trinajstić information content (AvgIpc) is 3.68. The van der Waals surface area contributed by atoms with Crippen LogP contribution in [0.2, 0.25) is 0 Å². The molecule has 7 atom stereocenters. The molecule has 7 unspecified atom stereocenters. The second-order valence-corrected chi connectivity index (χ2v) is 14.2. The summed E-state index contributed by atoms with van der Waals surface area (Å²) in [4.78, 5) is 3.56. The van der Waals surface area contributed by atoms with Crippen molar-refractivity contribution in [3.63, 3.8) is 0 Å². The fourth-order valence-corrected chi connectivity index (χ4v) is 11.0. The van der Waals surface area contributed by atoms with Gasteiger partial charge in [0.1, 0.15) is 5.60 Å². The van der Waals surface area contributed by atoms with Gasteiger partial charge in [-0.2, -0.15) is 0 Å². The van der Waals surface area contributed by atoms with Gasteiger partial charge in [0.15, 0.2) is 26.3 Å². The summed E-state index contributed by atoms with van der Waals surface area (Å²) in [5.74, 6) is 6.17. The van der Waals surface area contributed by atoms with E-state index in [1.165, 1.54) is 41.9 Å². The predicted molar refractivity (Wildman–Crippen MR) is 144 cm³/mol. The minimum atomic E-state index is -0.371. The van der Waals surface area contributed by atoms with E-state index in [4.69, 9.17) is 4.74 Å². The van der Waals surface area contributed by atoms with Crippen molar-refractivity contribution in [2.45, 2.75) is 66.2 Å². The molecule has 0 saturated heterocycles. The zero-order valence-electron chi connectivity index (χ0n) is 21.3. The molecule has 0 spiro atoms. The molecule has 0 N–H and O–H groups in total. The lowest BCUT2D eigenvalue weighted by Gasteiger charge is -2.44. The molecular weight excluding hydrogens is 463 g/mol. The zero-order valence-corrected chi connectivity index (χ0v) is 22.1. The van der Waals surface area contributed by atoms with Crippen molar-refractivity contribution < 1.29 is 9.13 Å². The largest absolute Gasteiger partial charge is 0.484 e. The Hall–Kier alpha value is -2.26. The molecule has 0 aliphatic heterocycles. The number of rotatable bonds is 6. The molecule has 4 fully saturated rings. The Labute approximate surface area is 217 Å². The summed E-state index contributed by atoms with van der Waals surface area (Å²) in [7, 11) is -0.317. The third kappa shape index (κ3) is 3.64. The van der Waals surface area contributed by atoms with Gasteiger partial charge >= 0.3 is 0 Å². The van der Waals surface area contributed by atoms with E-state index in [2.05, 4.69) is 62.4 Å². The van der Waals surface area contributed by atoms with E-state index in [0.717, 1.165) is 40.4 Å². The zero-order chi connectivity index (χ0) is 24.4. The SMILES string of the molecule is CC(C)(Oc1cc([S+](c2ccccc2)c2ccccc2)ccc1F)C1CC2CC1C1C3CCC(C3)C21. The normalized spacial score (nSPS) is 32.3. The first-order chi connectivity index (χ1) is 17.5. The molecular formula is C33H36FOS+. The summed E-state index contributed by atoms with van der Waals surface area (Å²) in [5, 5.41) is 0. The van der Waals surface area contributed by atoms with E-state index in [-0.39, 0.29) is 22.3 Å². The van der Waals surface area contributed by atoms with Gasteiger partial charge in [-0.15, -0.1) is 0 Å². The van der Waals surface area contributed by atoms with Gasteiger partial charge in [-0.05, 0) is 118 Å². The molecule has 36 heavy (non-hydrogen) atoms. The lowest BCUT2D eigenvalue weighted by atomic mass is 9.64. The van der Waals surface area contributed by atoms with Gasteiger partial charge in [-0.3, -0.25) is 0 Å². The topological polar surface area (TPSA) is 9.23 Å². The van der Waals surface area contributed by atoms with Gasteiger partial charge in [0.2, 0.25) is 0 Å². The van der Waals surface area contributed by atoms with Crippen molar-refractivity contribution in [3.8, 4) is 5.75 Å². The molecule has 0 radical (unpaired) electrons. The van der Waals surface area contributed by atoms with E-state index in [1.54, 1.807) is 6.07 Å². The maximum Gasteiger partial charge on any atom is 0.170 e. The van der Waals surface area contributed by atoms with Crippen LogP contribution in [0.1, 0.15) is 46.0 Å². The summed E-state index contributed by atoms with van der Waals surface area (Å²) < 4.78 is 21.9. The molecule has 1 nitrogen and oxygen atoms in total. The van der Waals surface area contributed by atoms with Crippen LogP contribution >= 0.6 is 0 Å². The van der Waals surface area contributed by atoms with E-state index in [9.17, 15) is 0 Å². The number of hydrogen-bond donors (Lipinski definition) is 0. The van der Waals surface area contributed by atoms with Gasteiger partial charge in [-0.25, -0.2) is 4.39 Å². The molecule has 4 aliphatic rings. The molecule has 0 heterocycles. The summed E-state index contributed by atoms with van der Waals surface area (Å²) in [6.07, 6.45) is 7.05. The van der Waals surface area contributed by atoms with Gasteiger partial charge in [0, 0.05) is 12.0 Å². The number of hydrogen-bond acceptors (Lipinski definition) is 1. The van der Waals surface area contributed by atoms with Crippen LogP contribution in [0.15, 0.2) is 93.5 Å². The second kappa shape index (κ2) is 8.65. The van der Waals surface area contributed by atoms with Gasteiger partial charge in [-0.1, -0.05) is 36.4 Å². The molecule has 3 aromatic carbocycles.